The standard InChI is InChI=1S/C33H31ClN4O3/c1-24(39)32-35-38(28-10-3-2-4-11-28)33(37(32)27-17-15-26(16-18-27)36-19-21-40-22-20-36)29-12-6-8-14-31(29)41-23-25-9-5-7-13-30(25)34/h2-18,33H,19-23H2,1H3. The van der Waals surface area contributed by atoms with Crippen molar-refractivity contribution in [2.75, 3.05) is 41.1 Å². The van der Waals surface area contributed by atoms with Gasteiger partial charge in [0.2, 0.25) is 0 Å². The number of anilines is 3. The number of nitrogens with zero attached hydrogens (tertiary/aromatic N) is 4. The van der Waals surface area contributed by atoms with Gasteiger partial charge in [-0.25, -0.2) is 5.01 Å². The number of hydrogen-bond acceptors (Lipinski definition) is 7. The number of ketones is 1. The number of morpholine rings is 1. The van der Waals surface area contributed by atoms with Gasteiger partial charge in [-0.15, -0.1) is 5.10 Å². The number of carbonyl (C=O) groups excluding carboxylic acids is 1. The number of halogens is 1. The van der Waals surface area contributed by atoms with Crippen molar-refractivity contribution in [2.24, 2.45) is 5.10 Å². The molecule has 1 unspecified atom stereocenters. The quantitative estimate of drug-likeness (QED) is 0.237. The molecule has 0 aromatic heterocycles. The molecule has 1 atom stereocenters. The summed E-state index contributed by atoms with van der Waals surface area (Å²) in [4.78, 5) is 17.4. The Labute approximate surface area is 245 Å². The molecular formula is C33H31ClN4O3. The lowest BCUT2D eigenvalue weighted by Gasteiger charge is -2.33. The van der Waals surface area contributed by atoms with Crippen molar-refractivity contribution in [1.82, 2.24) is 0 Å². The average molecular weight is 567 g/mol. The minimum Gasteiger partial charge on any atom is -0.488 e. The zero-order valence-electron chi connectivity index (χ0n) is 22.8. The maximum absolute atomic E-state index is 13.1. The molecule has 1 saturated heterocycles. The molecule has 4 aromatic rings. The third-order valence-corrected chi connectivity index (χ3v) is 7.65. The molecule has 6 rings (SSSR count). The van der Waals surface area contributed by atoms with E-state index in [4.69, 9.17) is 26.2 Å². The van der Waals surface area contributed by atoms with E-state index >= 15 is 0 Å². The van der Waals surface area contributed by atoms with E-state index in [0.29, 0.717) is 36.4 Å². The lowest BCUT2D eigenvalue weighted by molar-refractivity contribution is -0.111. The van der Waals surface area contributed by atoms with Gasteiger partial charge in [-0.3, -0.25) is 9.69 Å². The van der Waals surface area contributed by atoms with E-state index in [-0.39, 0.29) is 5.78 Å². The van der Waals surface area contributed by atoms with Gasteiger partial charge in [-0.1, -0.05) is 66.2 Å². The maximum Gasteiger partial charge on any atom is 0.198 e. The summed E-state index contributed by atoms with van der Waals surface area (Å²) in [7, 11) is 0. The Hall–Kier alpha value is -4.33. The maximum atomic E-state index is 13.1. The fourth-order valence-electron chi connectivity index (χ4n) is 5.23. The Morgan fingerprint density at radius 3 is 2.24 bits per heavy atom. The van der Waals surface area contributed by atoms with Crippen LogP contribution in [0.5, 0.6) is 5.75 Å². The lowest BCUT2D eigenvalue weighted by Crippen LogP contribution is -2.38. The van der Waals surface area contributed by atoms with Crippen molar-refractivity contribution >= 4 is 40.3 Å². The molecule has 0 radical (unpaired) electrons. The Balaban J connectivity index is 1.41. The van der Waals surface area contributed by atoms with Gasteiger partial charge >= 0.3 is 0 Å². The molecule has 0 saturated carbocycles. The second kappa shape index (κ2) is 12.0. The number of hydrazone groups is 1. The van der Waals surface area contributed by atoms with Crippen LogP contribution in [-0.4, -0.2) is 37.9 Å². The number of hydrogen-bond donors (Lipinski definition) is 0. The molecular weight excluding hydrogens is 536 g/mol. The van der Waals surface area contributed by atoms with E-state index in [0.717, 1.165) is 41.3 Å². The van der Waals surface area contributed by atoms with Crippen molar-refractivity contribution < 1.29 is 14.3 Å². The number of rotatable bonds is 8. The van der Waals surface area contributed by atoms with Crippen LogP contribution in [0.2, 0.25) is 5.02 Å². The zero-order valence-corrected chi connectivity index (χ0v) is 23.6. The van der Waals surface area contributed by atoms with Crippen LogP contribution in [0.15, 0.2) is 108 Å². The Morgan fingerprint density at radius 1 is 0.854 bits per heavy atom. The molecule has 0 bridgehead atoms. The van der Waals surface area contributed by atoms with Gasteiger partial charge in [-0.05, 0) is 48.5 Å². The normalized spacial score (nSPS) is 17.0. The molecule has 2 heterocycles. The van der Waals surface area contributed by atoms with Crippen LogP contribution < -0.4 is 19.5 Å². The van der Waals surface area contributed by atoms with Crippen LogP contribution in [0.1, 0.15) is 24.2 Å². The van der Waals surface area contributed by atoms with Crippen molar-refractivity contribution in [3.05, 3.63) is 119 Å². The van der Waals surface area contributed by atoms with Crippen molar-refractivity contribution in [1.29, 1.82) is 0 Å². The molecule has 1 fully saturated rings. The van der Waals surface area contributed by atoms with E-state index in [1.807, 2.05) is 88.8 Å². The van der Waals surface area contributed by atoms with E-state index in [1.165, 1.54) is 0 Å². The highest BCUT2D eigenvalue weighted by atomic mass is 35.5. The average Bonchev–Trinajstić information content (AvgIpc) is 3.43. The Kier molecular flexibility index (Phi) is 7.89. The molecule has 2 aliphatic heterocycles. The fourth-order valence-corrected chi connectivity index (χ4v) is 5.42. The topological polar surface area (TPSA) is 57.6 Å². The van der Waals surface area contributed by atoms with Crippen LogP contribution >= 0.6 is 11.6 Å². The van der Waals surface area contributed by atoms with Gasteiger partial charge < -0.3 is 14.4 Å². The highest BCUT2D eigenvalue weighted by molar-refractivity contribution is 6.44. The van der Waals surface area contributed by atoms with Crippen molar-refractivity contribution in [3.63, 3.8) is 0 Å². The van der Waals surface area contributed by atoms with E-state index in [9.17, 15) is 4.79 Å². The van der Waals surface area contributed by atoms with Gasteiger partial charge in [0.25, 0.3) is 0 Å². The number of carbonyl (C=O) groups is 1. The molecule has 2 aliphatic rings. The second-order valence-corrected chi connectivity index (χ2v) is 10.3. The van der Waals surface area contributed by atoms with Crippen LogP contribution in [0, 0.1) is 0 Å². The van der Waals surface area contributed by atoms with Gasteiger partial charge in [0, 0.05) is 47.5 Å². The third-order valence-electron chi connectivity index (χ3n) is 7.28. The minimum absolute atomic E-state index is 0.125. The van der Waals surface area contributed by atoms with Crippen LogP contribution in [0.3, 0.4) is 0 Å². The van der Waals surface area contributed by atoms with Gasteiger partial charge in [0.1, 0.15) is 12.4 Å². The lowest BCUT2D eigenvalue weighted by atomic mass is 10.1. The van der Waals surface area contributed by atoms with Gasteiger partial charge in [-0.2, -0.15) is 0 Å². The predicted molar refractivity (Wildman–Crippen MR) is 164 cm³/mol. The molecule has 8 heteroatoms. The molecule has 0 aliphatic carbocycles. The van der Waals surface area contributed by atoms with Crippen LogP contribution in [0.4, 0.5) is 17.1 Å². The number of Topliss-reactive ketones (excluding diaryl/α,β-unsaturated/α-hetero) is 1. The Bertz CT molecular complexity index is 1540. The molecule has 0 N–H and O–H groups in total. The fraction of sp³-hybridized carbons (Fsp3) is 0.212. The van der Waals surface area contributed by atoms with Crippen LogP contribution in [0.25, 0.3) is 0 Å². The summed E-state index contributed by atoms with van der Waals surface area (Å²) < 4.78 is 11.9. The van der Waals surface area contributed by atoms with E-state index in [2.05, 4.69) is 29.2 Å². The van der Waals surface area contributed by atoms with Crippen molar-refractivity contribution in [2.45, 2.75) is 19.7 Å². The minimum atomic E-state index is -0.465. The van der Waals surface area contributed by atoms with E-state index in [1.54, 1.807) is 6.92 Å². The number of benzene rings is 4. The number of para-hydroxylation sites is 2. The molecule has 4 aromatic carbocycles. The first kappa shape index (κ1) is 26.9. The van der Waals surface area contributed by atoms with Crippen molar-refractivity contribution in [3.8, 4) is 5.75 Å². The third kappa shape index (κ3) is 5.64. The van der Waals surface area contributed by atoms with Gasteiger partial charge in [0.05, 0.1) is 18.9 Å². The summed E-state index contributed by atoms with van der Waals surface area (Å²) in [5.74, 6) is 0.923. The van der Waals surface area contributed by atoms with Gasteiger partial charge in [0.15, 0.2) is 17.8 Å². The first-order valence-corrected chi connectivity index (χ1v) is 14.1. The largest absolute Gasteiger partial charge is 0.488 e. The summed E-state index contributed by atoms with van der Waals surface area (Å²) in [6.07, 6.45) is -0.465. The molecule has 41 heavy (non-hydrogen) atoms. The van der Waals surface area contributed by atoms with E-state index < -0.39 is 6.17 Å². The SMILES string of the molecule is CC(=O)C1=NN(c2ccccc2)C(c2ccccc2OCc2ccccc2Cl)N1c1ccc(N2CCOCC2)cc1. The molecule has 208 valence electrons. The summed E-state index contributed by atoms with van der Waals surface area (Å²) in [5.41, 5.74) is 4.62. The first-order chi connectivity index (χ1) is 20.1. The molecule has 0 spiro atoms. The smallest absolute Gasteiger partial charge is 0.198 e. The summed E-state index contributed by atoms with van der Waals surface area (Å²) >= 11 is 6.42. The monoisotopic (exact) mass is 566 g/mol. The highest BCUT2D eigenvalue weighted by Gasteiger charge is 2.40. The summed E-state index contributed by atoms with van der Waals surface area (Å²) in [5, 5.41) is 7.43. The zero-order chi connectivity index (χ0) is 28.2. The Morgan fingerprint density at radius 2 is 1.51 bits per heavy atom. The summed E-state index contributed by atoms with van der Waals surface area (Å²) in [6, 6.07) is 33.7. The van der Waals surface area contributed by atoms with Crippen LogP contribution in [-0.2, 0) is 16.1 Å². The highest BCUT2D eigenvalue weighted by Crippen LogP contribution is 2.42. The first-order valence-electron chi connectivity index (χ1n) is 13.7. The second-order valence-electron chi connectivity index (χ2n) is 9.94. The summed E-state index contributed by atoms with van der Waals surface area (Å²) in [6.45, 7) is 5.00. The number of amidine groups is 1. The number of ether oxygens (including phenoxy) is 2. The predicted octanol–water partition coefficient (Wildman–Crippen LogP) is 6.68. The molecule has 0 amide bonds. The molecule has 7 nitrogen and oxygen atoms in total.